The third kappa shape index (κ3) is 4.08. The van der Waals surface area contributed by atoms with Crippen LogP contribution in [0.2, 0.25) is 0 Å². The molecule has 0 unspecified atom stereocenters. The molecule has 2 heteroatoms. The Morgan fingerprint density at radius 1 is 0.345 bits per heavy atom. The van der Waals surface area contributed by atoms with Crippen LogP contribution in [0.1, 0.15) is 22.3 Å². The number of hydrogen-bond donors (Lipinski definition) is 0. The van der Waals surface area contributed by atoms with E-state index in [1.165, 1.54) is 77.1 Å². The SMILES string of the molecule is c1ccc(N(c2ccc3c(c2)C2(c4ccccc4-c4ccccc42)c2ccc4ccccc4c2-3)c2ccc3c(c2)c2ccccc2n3-c2ccccc2)cc1. The van der Waals surface area contributed by atoms with Crippen molar-refractivity contribution in [3.05, 3.63) is 229 Å². The lowest BCUT2D eigenvalue weighted by molar-refractivity contribution is 0.794. The second-order valence-corrected chi connectivity index (χ2v) is 14.8. The summed E-state index contributed by atoms with van der Waals surface area (Å²) >= 11 is 0. The van der Waals surface area contributed by atoms with Crippen LogP contribution in [0.4, 0.5) is 17.1 Å². The smallest absolute Gasteiger partial charge is 0.0726 e. The van der Waals surface area contributed by atoms with Gasteiger partial charge in [0, 0.05) is 33.5 Å². The van der Waals surface area contributed by atoms with Crippen LogP contribution in [0.15, 0.2) is 206 Å². The van der Waals surface area contributed by atoms with Crippen LogP contribution in [0.25, 0.3) is 60.5 Å². The molecule has 0 atom stereocenters. The molecule has 55 heavy (non-hydrogen) atoms. The first-order valence-electron chi connectivity index (χ1n) is 19.1. The monoisotopic (exact) mass is 698 g/mol. The van der Waals surface area contributed by atoms with Crippen molar-refractivity contribution in [3.63, 3.8) is 0 Å². The lowest BCUT2D eigenvalue weighted by Crippen LogP contribution is -2.26. The molecule has 0 amide bonds. The Bertz CT molecular complexity index is 3110. The molecule has 12 rings (SSSR count). The first kappa shape index (κ1) is 30.3. The zero-order valence-electron chi connectivity index (χ0n) is 30.0. The Labute approximate surface area is 319 Å². The molecule has 2 nitrogen and oxygen atoms in total. The normalized spacial score (nSPS) is 13.2. The van der Waals surface area contributed by atoms with Crippen molar-refractivity contribution in [1.82, 2.24) is 4.57 Å². The van der Waals surface area contributed by atoms with Crippen LogP contribution in [-0.2, 0) is 5.41 Å². The second kappa shape index (κ2) is 11.4. The molecule has 10 aromatic rings. The molecule has 1 heterocycles. The van der Waals surface area contributed by atoms with E-state index in [0.717, 1.165) is 22.7 Å². The van der Waals surface area contributed by atoms with Crippen molar-refractivity contribution in [2.45, 2.75) is 5.41 Å². The molecule has 256 valence electrons. The largest absolute Gasteiger partial charge is 0.310 e. The van der Waals surface area contributed by atoms with Crippen LogP contribution in [0.3, 0.4) is 0 Å². The molecular weight excluding hydrogens is 665 g/mol. The van der Waals surface area contributed by atoms with E-state index in [1.54, 1.807) is 0 Å². The van der Waals surface area contributed by atoms with Crippen LogP contribution in [-0.4, -0.2) is 4.57 Å². The van der Waals surface area contributed by atoms with E-state index >= 15 is 0 Å². The molecule has 1 aromatic heterocycles. The summed E-state index contributed by atoms with van der Waals surface area (Å²) in [5, 5.41) is 5.04. The summed E-state index contributed by atoms with van der Waals surface area (Å²) in [4.78, 5) is 2.44. The van der Waals surface area contributed by atoms with Gasteiger partial charge in [-0.3, -0.25) is 0 Å². The van der Waals surface area contributed by atoms with E-state index in [1.807, 2.05) is 0 Å². The van der Waals surface area contributed by atoms with Gasteiger partial charge in [-0.05, 0) is 116 Å². The topological polar surface area (TPSA) is 8.17 Å². The quantitative estimate of drug-likeness (QED) is 0.178. The van der Waals surface area contributed by atoms with Gasteiger partial charge in [0.05, 0.1) is 16.4 Å². The number of para-hydroxylation sites is 3. The summed E-state index contributed by atoms with van der Waals surface area (Å²) in [6.07, 6.45) is 0. The van der Waals surface area contributed by atoms with E-state index in [9.17, 15) is 0 Å². The second-order valence-electron chi connectivity index (χ2n) is 14.8. The minimum atomic E-state index is -0.451. The van der Waals surface area contributed by atoms with E-state index < -0.39 is 5.41 Å². The molecule has 0 bridgehead atoms. The number of fused-ring (bicyclic) bond motifs is 15. The zero-order chi connectivity index (χ0) is 36.1. The summed E-state index contributed by atoms with van der Waals surface area (Å²) in [7, 11) is 0. The fourth-order valence-corrected chi connectivity index (χ4v) is 10.0. The fraction of sp³-hybridized carbons (Fsp3) is 0.0189. The molecule has 2 aliphatic carbocycles. The molecule has 0 radical (unpaired) electrons. The van der Waals surface area contributed by atoms with Gasteiger partial charge in [-0.1, -0.05) is 146 Å². The molecular formula is C53H34N2. The highest BCUT2D eigenvalue weighted by Crippen LogP contribution is 2.64. The maximum Gasteiger partial charge on any atom is 0.0726 e. The van der Waals surface area contributed by atoms with Crippen molar-refractivity contribution >= 4 is 49.6 Å². The lowest BCUT2D eigenvalue weighted by Gasteiger charge is -2.32. The third-order valence-corrected chi connectivity index (χ3v) is 12.2. The van der Waals surface area contributed by atoms with E-state index in [4.69, 9.17) is 0 Å². The van der Waals surface area contributed by atoms with Gasteiger partial charge in [0.15, 0.2) is 0 Å². The minimum absolute atomic E-state index is 0.451. The minimum Gasteiger partial charge on any atom is -0.310 e. The van der Waals surface area contributed by atoms with Crippen molar-refractivity contribution in [1.29, 1.82) is 0 Å². The number of nitrogens with zero attached hydrogens (tertiary/aromatic N) is 2. The van der Waals surface area contributed by atoms with Crippen LogP contribution in [0, 0.1) is 0 Å². The van der Waals surface area contributed by atoms with Gasteiger partial charge in [0.2, 0.25) is 0 Å². The Balaban J connectivity index is 1.14. The Hall–Kier alpha value is -7.16. The van der Waals surface area contributed by atoms with Crippen molar-refractivity contribution in [2.24, 2.45) is 0 Å². The van der Waals surface area contributed by atoms with E-state index in [-0.39, 0.29) is 0 Å². The van der Waals surface area contributed by atoms with Crippen molar-refractivity contribution in [2.75, 3.05) is 4.90 Å². The van der Waals surface area contributed by atoms with Crippen LogP contribution >= 0.6 is 0 Å². The first-order valence-corrected chi connectivity index (χ1v) is 19.1. The summed E-state index contributed by atoms with van der Waals surface area (Å²) < 4.78 is 2.39. The third-order valence-electron chi connectivity index (χ3n) is 12.2. The summed E-state index contributed by atoms with van der Waals surface area (Å²) in [6.45, 7) is 0. The molecule has 1 spiro atoms. The Morgan fingerprint density at radius 2 is 0.945 bits per heavy atom. The molecule has 0 aliphatic heterocycles. The molecule has 9 aromatic carbocycles. The van der Waals surface area contributed by atoms with Gasteiger partial charge in [0.1, 0.15) is 0 Å². The number of hydrogen-bond acceptors (Lipinski definition) is 1. The number of anilines is 3. The van der Waals surface area contributed by atoms with Crippen molar-refractivity contribution < 1.29 is 0 Å². The number of rotatable bonds is 4. The zero-order valence-corrected chi connectivity index (χ0v) is 30.0. The Morgan fingerprint density at radius 3 is 1.73 bits per heavy atom. The molecule has 0 N–H and O–H groups in total. The summed E-state index contributed by atoms with van der Waals surface area (Å²) in [6, 6.07) is 76.2. The van der Waals surface area contributed by atoms with E-state index in [0.29, 0.717) is 0 Å². The Kier molecular flexibility index (Phi) is 6.29. The maximum absolute atomic E-state index is 2.49. The number of aromatic nitrogens is 1. The summed E-state index contributed by atoms with van der Waals surface area (Å²) in [5.74, 6) is 0. The predicted molar refractivity (Wildman–Crippen MR) is 229 cm³/mol. The molecule has 0 saturated heterocycles. The van der Waals surface area contributed by atoms with E-state index in [2.05, 4.69) is 216 Å². The lowest BCUT2D eigenvalue weighted by atomic mass is 9.70. The molecule has 0 saturated carbocycles. The van der Waals surface area contributed by atoms with Crippen molar-refractivity contribution in [3.8, 4) is 27.9 Å². The van der Waals surface area contributed by atoms with Crippen LogP contribution < -0.4 is 4.90 Å². The highest BCUT2D eigenvalue weighted by atomic mass is 15.1. The van der Waals surface area contributed by atoms with Gasteiger partial charge in [0.25, 0.3) is 0 Å². The fourth-order valence-electron chi connectivity index (χ4n) is 10.0. The summed E-state index contributed by atoms with van der Waals surface area (Å²) in [5.41, 5.74) is 17.2. The van der Waals surface area contributed by atoms with Gasteiger partial charge in [-0.25, -0.2) is 0 Å². The van der Waals surface area contributed by atoms with Gasteiger partial charge >= 0.3 is 0 Å². The highest BCUT2D eigenvalue weighted by molar-refractivity contribution is 6.11. The van der Waals surface area contributed by atoms with Gasteiger partial charge < -0.3 is 9.47 Å². The maximum atomic E-state index is 2.49. The average molecular weight is 699 g/mol. The van der Waals surface area contributed by atoms with Crippen LogP contribution in [0.5, 0.6) is 0 Å². The highest BCUT2D eigenvalue weighted by Gasteiger charge is 2.52. The van der Waals surface area contributed by atoms with Gasteiger partial charge in [-0.2, -0.15) is 0 Å². The average Bonchev–Trinajstić information content (AvgIpc) is 3.86. The standard InChI is InChI=1S/C53H34N2/c1-3-16-36(17-4-1)54(38-29-32-51-45(33-38)43-23-11-14-26-50(43)55(51)37-18-5-2-6-19-37)39-28-30-44-49(34-39)53(48-31-27-35-15-7-8-20-40(35)52(44)48)46-24-12-9-21-41(46)42-22-10-13-25-47(42)53/h1-34H. The number of benzene rings is 9. The van der Waals surface area contributed by atoms with Gasteiger partial charge in [-0.15, -0.1) is 0 Å². The molecule has 0 fully saturated rings. The first-order chi connectivity index (χ1) is 27.3. The predicted octanol–water partition coefficient (Wildman–Crippen LogP) is 13.8. The molecule has 2 aliphatic rings.